The molecule has 1 aliphatic rings. The van der Waals surface area contributed by atoms with Gasteiger partial charge in [-0.3, -0.25) is 0 Å². The standard InChI is InChI=1S/C20H23ClO4/c1-22-20-18(21)19(24-13-16-10-6-3-7-11-16)17(25-20)14-23-12-15-8-4-2-5-9-15/h2-11,17-20H,12-14H2,1H3/t17-,18-,19-,20?/m1/s1. The van der Waals surface area contributed by atoms with E-state index in [2.05, 4.69) is 0 Å². The Morgan fingerprint density at radius 3 is 2.12 bits per heavy atom. The topological polar surface area (TPSA) is 36.9 Å². The van der Waals surface area contributed by atoms with Crippen molar-refractivity contribution in [1.82, 2.24) is 0 Å². The third kappa shape index (κ3) is 5.03. The van der Waals surface area contributed by atoms with Crippen molar-refractivity contribution in [2.75, 3.05) is 13.7 Å². The first-order valence-corrected chi connectivity index (χ1v) is 8.81. The summed E-state index contributed by atoms with van der Waals surface area (Å²) >= 11 is 6.47. The monoisotopic (exact) mass is 362 g/mol. The van der Waals surface area contributed by atoms with Crippen LogP contribution in [0.15, 0.2) is 60.7 Å². The maximum absolute atomic E-state index is 6.47. The summed E-state index contributed by atoms with van der Waals surface area (Å²) in [5.41, 5.74) is 2.21. The predicted octanol–water partition coefficient (Wildman–Crippen LogP) is 3.77. The van der Waals surface area contributed by atoms with Gasteiger partial charge < -0.3 is 18.9 Å². The Morgan fingerprint density at radius 1 is 0.920 bits per heavy atom. The molecule has 0 amide bonds. The van der Waals surface area contributed by atoms with E-state index >= 15 is 0 Å². The average Bonchev–Trinajstić information content (AvgIpc) is 2.97. The number of alkyl halides is 1. The van der Waals surface area contributed by atoms with E-state index in [4.69, 9.17) is 30.5 Å². The number of rotatable bonds is 8. The van der Waals surface area contributed by atoms with Gasteiger partial charge in [0.1, 0.15) is 17.6 Å². The second-order valence-corrected chi connectivity index (χ2v) is 6.49. The van der Waals surface area contributed by atoms with E-state index in [0.29, 0.717) is 19.8 Å². The quantitative estimate of drug-likeness (QED) is 0.670. The van der Waals surface area contributed by atoms with Gasteiger partial charge >= 0.3 is 0 Å². The summed E-state index contributed by atoms with van der Waals surface area (Å²) in [7, 11) is 1.58. The zero-order valence-electron chi connectivity index (χ0n) is 14.2. The highest BCUT2D eigenvalue weighted by molar-refractivity contribution is 6.21. The maximum atomic E-state index is 6.47. The molecule has 1 heterocycles. The molecule has 1 unspecified atom stereocenters. The van der Waals surface area contributed by atoms with Crippen LogP contribution in [0.3, 0.4) is 0 Å². The van der Waals surface area contributed by atoms with Gasteiger partial charge in [-0.05, 0) is 11.1 Å². The fourth-order valence-electron chi connectivity index (χ4n) is 2.84. The van der Waals surface area contributed by atoms with Crippen LogP contribution in [0, 0.1) is 0 Å². The van der Waals surface area contributed by atoms with Crippen LogP contribution < -0.4 is 0 Å². The Morgan fingerprint density at radius 2 is 1.52 bits per heavy atom. The summed E-state index contributed by atoms with van der Waals surface area (Å²) in [5, 5.41) is -0.376. The van der Waals surface area contributed by atoms with E-state index in [0.717, 1.165) is 11.1 Å². The molecule has 0 aliphatic carbocycles. The first-order valence-electron chi connectivity index (χ1n) is 8.37. The molecule has 5 heteroatoms. The Labute approximate surface area is 153 Å². The van der Waals surface area contributed by atoms with Crippen LogP contribution in [0.4, 0.5) is 0 Å². The van der Waals surface area contributed by atoms with Crippen molar-refractivity contribution in [3.05, 3.63) is 71.8 Å². The molecule has 0 bridgehead atoms. The minimum absolute atomic E-state index is 0.264. The van der Waals surface area contributed by atoms with Gasteiger partial charge in [-0.25, -0.2) is 0 Å². The van der Waals surface area contributed by atoms with Crippen molar-refractivity contribution >= 4 is 11.6 Å². The minimum atomic E-state index is -0.493. The lowest BCUT2D eigenvalue weighted by Crippen LogP contribution is -2.34. The van der Waals surface area contributed by atoms with E-state index in [1.54, 1.807) is 7.11 Å². The largest absolute Gasteiger partial charge is 0.374 e. The van der Waals surface area contributed by atoms with Crippen LogP contribution >= 0.6 is 11.6 Å². The molecule has 134 valence electrons. The molecule has 2 aromatic carbocycles. The molecule has 0 saturated carbocycles. The SMILES string of the molecule is COC1O[C@H](COCc2ccccc2)[C@@H](OCc2ccccc2)[C@H]1Cl. The summed E-state index contributed by atoms with van der Waals surface area (Å²) < 4.78 is 23.0. The van der Waals surface area contributed by atoms with E-state index in [1.807, 2.05) is 60.7 Å². The van der Waals surface area contributed by atoms with E-state index in [-0.39, 0.29) is 17.6 Å². The Balaban J connectivity index is 1.55. The van der Waals surface area contributed by atoms with Crippen molar-refractivity contribution in [2.45, 2.75) is 37.1 Å². The smallest absolute Gasteiger partial charge is 0.176 e. The minimum Gasteiger partial charge on any atom is -0.374 e. The molecule has 1 fully saturated rings. The fraction of sp³-hybridized carbons (Fsp3) is 0.400. The van der Waals surface area contributed by atoms with E-state index < -0.39 is 6.29 Å². The molecular weight excluding hydrogens is 340 g/mol. The molecule has 1 saturated heterocycles. The first-order chi connectivity index (χ1) is 12.3. The molecular formula is C20H23ClO4. The Hall–Kier alpha value is -1.43. The zero-order valence-corrected chi connectivity index (χ0v) is 15.0. The lowest BCUT2D eigenvalue weighted by Gasteiger charge is -2.20. The van der Waals surface area contributed by atoms with Crippen molar-refractivity contribution in [3.63, 3.8) is 0 Å². The van der Waals surface area contributed by atoms with Crippen LogP contribution in [0.5, 0.6) is 0 Å². The van der Waals surface area contributed by atoms with Crippen LogP contribution in [-0.4, -0.2) is 37.6 Å². The van der Waals surface area contributed by atoms with Gasteiger partial charge in [-0.1, -0.05) is 60.7 Å². The number of methoxy groups -OCH3 is 1. The van der Waals surface area contributed by atoms with Gasteiger partial charge in [-0.15, -0.1) is 11.6 Å². The summed E-state index contributed by atoms with van der Waals surface area (Å²) in [6.07, 6.45) is -1.05. The Bertz CT molecular complexity index is 622. The Kier molecular flexibility index (Phi) is 6.84. The number of benzene rings is 2. The van der Waals surface area contributed by atoms with Gasteiger partial charge in [0.2, 0.25) is 0 Å². The van der Waals surface area contributed by atoms with Crippen LogP contribution in [-0.2, 0) is 32.2 Å². The van der Waals surface area contributed by atoms with Gasteiger partial charge in [-0.2, -0.15) is 0 Å². The van der Waals surface area contributed by atoms with Gasteiger partial charge in [0.15, 0.2) is 6.29 Å². The number of halogens is 1. The van der Waals surface area contributed by atoms with E-state index in [1.165, 1.54) is 0 Å². The molecule has 1 aliphatic heterocycles. The summed E-state index contributed by atoms with van der Waals surface area (Å²) in [5.74, 6) is 0. The molecule has 3 rings (SSSR count). The third-order valence-electron chi connectivity index (χ3n) is 4.16. The number of hydrogen-bond acceptors (Lipinski definition) is 4. The van der Waals surface area contributed by atoms with Gasteiger partial charge in [0, 0.05) is 7.11 Å². The van der Waals surface area contributed by atoms with Crippen LogP contribution in [0.25, 0.3) is 0 Å². The van der Waals surface area contributed by atoms with Crippen molar-refractivity contribution in [3.8, 4) is 0 Å². The second-order valence-electron chi connectivity index (χ2n) is 5.98. The predicted molar refractivity (Wildman–Crippen MR) is 96.4 cm³/mol. The van der Waals surface area contributed by atoms with Gasteiger partial charge in [0.05, 0.1) is 19.8 Å². The molecule has 4 atom stereocenters. The van der Waals surface area contributed by atoms with E-state index in [9.17, 15) is 0 Å². The summed E-state index contributed by atoms with van der Waals surface area (Å²) in [6, 6.07) is 20.0. The molecule has 0 radical (unpaired) electrons. The normalized spacial score (nSPS) is 26.0. The first kappa shape index (κ1) is 18.4. The molecule has 4 nitrogen and oxygen atoms in total. The lowest BCUT2D eigenvalue weighted by molar-refractivity contribution is -0.137. The van der Waals surface area contributed by atoms with Crippen LogP contribution in [0.2, 0.25) is 0 Å². The van der Waals surface area contributed by atoms with Crippen molar-refractivity contribution < 1.29 is 18.9 Å². The molecule has 25 heavy (non-hydrogen) atoms. The zero-order chi connectivity index (χ0) is 17.5. The number of hydrogen-bond donors (Lipinski definition) is 0. The second kappa shape index (κ2) is 9.32. The summed E-state index contributed by atoms with van der Waals surface area (Å²) in [4.78, 5) is 0. The highest BCUT2D eigenvalue weighted by Crippen LogP contribution is 2.30. The molecule has 0 aromatic heterocycles. The lowest BCUT2D eigenvalue weighted by atomic mass is 10.1. The summed E-state index contributed by atoms with van der Waals surface area (Å²) in [6.45, 7) is 1.40. The maximum Gasteiger partial charge on any atom is 0.176 e. The average molecular weight is 363 g/mol. The molecule has 0 spiro atoms. The van der Waals surface area contributed by atoms with Crippen molar-refractivity contribution in [2.24, 2.45) is 0 Å². The van der Waals surface area contributed by atoms with Crippen LogP contribution in [0.1, 0.15) is 11.1 Å². The fourth-order valence-corrected chi connectivity index (χ4v) is 3.23. The van der Waals surface area contributed by atoms with Crippen molar-refractivity contribution in [1.29, 1.82) is 0 Å². The highest BCUT2D eigenvalue weighted by Gasteiger charge is 2.44. The number of ether oxygens (including phenoxy) is 4. The van der Waals surface area contributed by atoms with Gasteiger partial charge in [0.25, 0.3) is 0 Å². The highest BCUT2D eigenvalue weighted by atomic mass is 35.5. The third-order valence-corrected chi connectivity index (χ3v) is 4.61. The molecule has 0 N–H and O–H groups in total. The molecule has 2 aromatic rings.